The van der Waals surface area contributed by atoms with Crippen molar-refractivity contribution in [3.8, 4) is 11.5 Å². The van der Waals surface area contributed by atoms with E-state index in [0.29, 0.717) is 40.3 Å². The SMILES string of the molecule is CC(Cc1ccc2nc(C3=C(O)CN(c4ccccc4OC(F)(F)F)C3=N)[nH]c2c1)Oc1ccccc1N1CC(O)=C(c2nc3ccccc3[nH]2)C1=N. The van der Waals surface area contributed by atoms with Crippen LogP contribution in [0.3, 0.4) is 0 Å². The van der Waals surface area contributed by atoms with Gasteiger partial charge < -0.3 is 39.5 Å². The number of amidine groups is 2. The standard InChI is InChI=1S/C38H31F3N8O4/c1-20(52-30-12-6-4-10-26(30)48-18-28(50)32(34(48)42)36-44-22-8-2-3-9-23(22)45-36)16-21-14-15-24-25(17-21)47-37(46-24)33-29(51)19-49(35(33)43)27-11-5-7-13-31(27)53-38(39,40)41/h2-15,17,20,42-43,50-51H,16,18-19H2,1H3,(H,44,45)(H,46,47). The number of hydrogen-bond donors (Lipinski definition) is 6. The molecule has 15 heteroatoms. The van der Waals surface area contributed by atoms with Crippen LogP contribution in [0.5, 0.6) is 11.5 Å². The van der Waals surface area contributed by atoms with E-state index < -0.39 is 12.1 Å². The zero-order valence-corrected chi connectivity index (χ0v) is 28.0. The first kappa shape index (κ1) is 33.4. The maximum absolute atomic E-state index is 13.1. The van der Waals surface area contributed by atoms with Crippen molar-refractivity contribution in [3.63, 3.8) is 0 Å². The number of aliphatic hydroxyl groups excluding tert-OH is 2. The van der Waals surface area contributed by atoms with Crippen LogP contribution in [0.1, 0.15) is 24.1 Å². The van der Waals surface area contributed by atoms with E-state index in [9.17, 15) is 23.4 Å². The lowest BCUT2D eigenvalue weighted by Crippen LogP contribution is -2.28. The van der Waals surface area contributed by atoms with Gasteiger partial charge in [-0.25, -0.2) is 9.97 Å². The number of rotatable bonds is 9. The Morgan fingerprint density at radius 2 is 1.26 bits per heavy atom. The highest BCUT2D eigenvalue weighted by atomic mass is 19.4. The molecule has 0 amide bonds. The van der Waals surface area contributed by atoms with E-state index in [0.717, 1.165) is 22.7 Å². The molecule has 2 aliphatic rings. The lowest BCUT2D eigenvalue weighted by atomic mass is 10.1. The van der Waals surface area contributed by atoms with Gasteiger partial charge in [-0.1, -0.05) is 42.5 Å². The van der Waals surface area contributed by atoms with Crippen molar-refractivity contribution in [2.24, 2.45) is 0 Å². The van der Waals surface area contributed by atoms with Crippen LogP contribution in [0.4, 0.5) is 24.5 Å². The minimum atomic E-state index is -4.93. The first-order valence-corrected chi connectivity index (χ1v) is 16.5. The zero-order chi connectivity index (χ0) is 37.0. The number of nitrogens with one attached hydrogen (secondary N) is 4. The summed E-state index contributed by atoms with van der Waals surface area (Å²) in [5.41, 5.74) is 4.61. The molecule has 1 unspecified atom stereocenters. The molecule has 6 N–H and O–H groups in total. The van der Waals surface area contributed by atoms with Crippen molar-refractivity contribution in [2.75, 3.05) is 22.9 Å². The number of halogens is 3. The Morgan fingerprint density at radius 1 is 0.736 bits per heavy atom. The quantitative estimate of drug-likeness (QED) is 0.0876. The van der Waals surface area contributed by atoms with E-state index in [2.05, 4.69) is 24.7 Å². The van der Waals surface area contributed by atoms with Gasteiger partial charge in [-0.15, -0.1) is 13.2 Å². The lowest BCUT2D eigenvalue weighted by molar-refractivity contribution is -0.274. The van der Waals surface area contributed by atoms with Crippen molar-refractivity contribution in [2.45, 2.75) is 25.8 Å². The number of imidazole rings is 2. The molecule has 0 bridgehead atoms. The fraction of sp³-hybridized carbons (Fsp3) is 0.158. The summed E-state index contributed by atoms with van der Waals surface area (Å²) in [7, 11) is 0. The predicted octanol–water partition coefficient (Wildman–Crippen LogP) is 7.88. The van der Waals surface area contributed by atoms with E-state index in [4.69, 9.17) is 15.6 Å². The third-order valence-corrected chi connectivity index (χ3v) is 9.00. The first-order chi connectivity index (χ1) is 25.4. The number of fused-ring (bicyclic) bond motifs is 2. The minimum absolute atomic E-state index is 0.0217. The number of para-hydroxylation sites is 6. The van der Waals surface area contributed by atoms with Gasteiger partial charge in [-0.3, -0.25) is 10.8 Å². The largest absolute Gasteiger partial charge is 0.573 e. The summed E-state index contributed by atoms with van der Waals surface area (Å²) in [5, 5.41) is 39.5. The van der Waals surface area contributed by atoms with Crippen LogP contribution in [0.25, 0.3) is 33.2 Å². The Hall–Kier alpha value is -6.77. The summed E-state index contributed by atoms with van der Waals surface area (Å²) in [6.07, 6.45) is -4.78. The number of anilines is 2. The van der Waals surface area contributed by atoms with Crippen LogP contribution < -0.4 is 19.3 Å². The van der Waals surface area contributed by atoms with Crippen LogP contribution in [-0.2, 0) is 6.42 Å². The molecule has 2 aliphatic heterocycles. The second-order valence-corrected chi connectivity index (χ2v) is 12.7. The smallest absolute Gasteiger partial charge is 0.509 e. The fourth-order valence-electron chi connectivity index (χ4n) is 6.70. The highest BCUT2D eigenvalue weighted by Gasteiger charge is 2.37. The second kappa shape index (κ2) is 12.8. The topological polar surface area (TPSA) is 170 Å². The number of benzene rings is 4. The predicted molar refractivity (Wildman–Crippen MR) is 195 cm³/mol. The molecule has 0 saturated carbocycles. The maximum Gasteiger partial charge on any atom is 0.573 e. The summed E-state index contributed by atoms with van der Waals surface area (Å²) in [6, 6.07) is 25.8. The molecule has 8 rings (SSSR count). The van der Waals surface area contributed by atoms with Crippen molar-refractivity contribution in [3.05, 3.63) is 120 Å². The molecular weight excluding hydrogens is 689 g/mol. The van der Waals surface area contributed by atoms with Crippen molar-refractivity contribution in [1.29, 1.82) is 10.8 Å². The van der Waals surface area contributed by atoms with Crippen LogP contribution >= 0.6 is 0 Å². The molecule has 6 aromatic rings. The monoisotopic (exact) mass is 720 g/mol. The Morgan fingerprint density at radius 3 is 1.89 bits per heavy atom. The fourth-order valence-corrected chi connectivity index (χ4v) is 6.70. The normalized spacial score (nSPS) is 15.8. The number of aliphatic hydroxyl groups is 2. The van der Waals surface area contributed by atoms with Gasteiger partial charge in [0.15, 0.2) is 5.75 Å². The van der Waals surface area contributed by atoms with Crippen LogP contribution in [0, 0.1) is 10.8 Å². The molecule has 4 aromatic carbocycles. The average Bonchev–Trinajstić information content (AvgIpc) is 3.87. The van der Waals surface area contributed by atoms with Gasteiger partial charge in [0, 0.05) is 6.42 Å². The van der Waals surface area contributed by atoms with Gasteiger partial charge >= 0.3 is 6.36 Å². The Balaban J connectivity index is 0.975. The van der Waals surface area contributed by atoms with Crippen LogP contribution in [0.15, 0.2) is 103 Å². The molecule has 4 heterocycles. The van der Waals surface area contributed by atoms with Crippen molar-refractivity contribution in [1.82, 2.24) is 19.9 Å². The average molecular weight is 721 g/mol. The molecule has 268 valence electrons. The van der Waals surface area contributed by atoms with Crippen molar-refractivity contribution >= 4 is 56.3 Å². The molecule has 0 saturated heterocycles. The molecule has 0 radical (unpaired) electrons. The van der Waals surface area contributed by atoms with Gasteiger partial charge in [-0.05, 0) is 61.0 Å². The van der Waals surface area contributed by atoms with Gasteiger partial charge in [0.1, 0.15) is 46.7 Å². The molecular formula is C38H31F3N8O4. The minimum Gasteiger partial charge on any atom is -0.509 e. The van der Waals surface area contributed by atoms with E-state index in [1.165, 1.54) is 23.1 Å². The zero-order valence-electron chi connectivity index (χ0n) is 28.0. The van der Waals surface area contributed by atoms with Crippen LogP contribution in [0.2, 0.25) is 0 Å². The molecule has 12 nitrogen and oxygen atoms in total. The second-order valence-electron chi connectivity index (χ2n) is 12.7. The summed E-state index contributed by atoms with van der Waals surface area (Å²) in [5.74, 6) is 0.292. The summed E-state index contributed by atoms with van der Waals surface area (Å²) >= 11 is 0. The van der Waals surface area contributed by atoms with Crippen molar-refractivity contribution < 1.29 is 32.9 Å². The Bertz CT molecular complexity index is 2470. The molecule has 0 aliphatic carbocycles. The first-order valence-electron chi connectivity index (χ1n) is 16.5. The molecule has 53 heavy (non-hydrogen) atoms. The lowest BCUT2D eigenvalue weighted by Gasteiger charge is -2.24. The number of ether oxygens (including phenoxy) is 2. The number of alkyl halides is 3. The summed E-state index contributed by atoms with van der Waals surface area (Å²) in [6.45, 7) is 1.76. The summed E-state index contributed by atoms with van der Waals surface area (Å²) in [4.78, 5) is 18.4. The highest BCUT2D eigenvalue weighted by molar-refractivity contribution is 6.31. The van der Waals surface area contributed by atoms with Gasteiger partial charge in [-0.2, -0.15) is 0 Å². The maximum atomic E-state index is 13.1. The van der Waals surface area contributed by atoms with E-state index >= 15 is 0 Å². The Kier molecular flexibility index (Phi) is 8.04. The van der Waals surface area contributed by atoms with E-state index in [-0.39, 0.29) is 59.5 Å². The number of aromatic amines is 2. The van der Waals surface area contributed by atoms with Gasteiger partial charge in [0.25, 0.3) is 0 Å². The molecule has 0 fully saturated rings. The third-order valence-electron chi connectivity index (χ3n) is 9.00. The number of H-pyrrole nitrogens is 2. The van der Waals surface area contributed by atoms with E-state index in [1.54, 1.807) is 11.0 Å². The molecule has 1 atom stereocenters. The van der Waals surface area contributed by atoms with Gasteiger partial charge in [0.05, 0.1) is 57.7 Å². The number of aromatic nitrogens is 4. The third kappa shape index (κ3) is 6.26. The van der Waals surface area contributed by atoms with Crippen LogP contribution in [-0.4, -0.2) is 67.4 Å². The number of hydrogen-bond acceptors (Lipinski definition) is 8. The number of nitrogens with zero attached hydrogens (tertiary/aromatic N) is 4. The molecule has 0 spiro atoms. The Labute approximate surface area is 299 Å². The molecule has 2 aromatic heterocycles. The summed E-state index contributed by atoms with van der Waals surface area (Å²) < 4.78 is 49.8. The highest BCUT2D eigenvalue weighted by Crippen LogP contribution is 2.39. The van der Waals surface area contributed by atoms with Gasteiger partial charge in [0.2, 0.25) is 0 Å². The van der Waals surface area contributed by atoms with E-state index in [1.807, 2.05) is 67.6 Å².